The molecule has 112 valence electrons. The first-order valence-corrected chi connectivity index (χ1v) is 7.97. The summed E-state index contributed by atoms with van der Waals surface area (Å²) in [6, 6.07) is 2.52. The summed E-state index contributed by atoms with van der Waals surface area (Å²) in [5.74, 6) is -1.57. The maximum atomic E-state index is 13.6. The second-order valence-corrected chi connectivity index (χ2v) is 7.08. The number of sulfonamides is 1. The Kier molecular flexibility index (Phi) is 4.41. The summed E-state index contributed by atoms with van der Waals surface area (Å²) in [5, 5.41) is 0. The minimum absolute atomic E-state index is 0.0161. The van der Waals surface area contributed by atoms with E-state index >= 15 is 0 Å². The number of hydrogen-bond acceptors (Lipinski definition) is 3. The molecule has 1 heterocycles. The van der Waals surface area contributed by atoms with E-state index in [0.29, 0.717) is 32.0 Å². The van der Waals surface area contributed by atoms with Crippen molar-refractivity contribution in [2.75, 3.05) is 13.1 Å². The van der Waals surface area contributed by atoms with Crippen molar-refractivity contribution in [3.63, 3.8) is 0 Å². The fourth-order valence-corrected chi connectivity index (χ4v) is 3.98. The van der Waals surface area contributed by atoms with Crippen molar-refractivity contribution in [2.45, 2.75) is 30.7 Å². The van der Waals surface area contributed by atoms with Crippen LogP contribution < -0.4 is 5.73 Å². The third kappa shape index (κ3) is 2.99. The summed E-state index contributed by atoms with van der Waals surface area (Å²) < 4.78 is 52.4. The molecule has 1 atom stereocenters. The summed E-state index contributed by atoms with van der Waals surface area (Å²) in [6.45, 7) is 2.52. The summed E-state index contributed by atoms with van der Waals surface area (Å²) in [7, 11) is -3.91. The molecule has 0 saturated carbocycles. The highest BCUT2D eigenvalue weighted by Gasteiger charge is 2.32. The maximum Gasteiger partial charge on any atom is 0.245 e. The Morgan fingerprint density at radius 3 is 2.40 bits per heavy atom. The molecule has 1 fully saturated rings. The van der Waals surface area contributed by atoms with Gasteiger partial charge in [0.25, 0.3) is 0 Å². The first-order chi connectivity index (χ1) is 9.32. The number of benzene rings is 1. The third-order valence-electron chi connectivity index (χ3n) is 3.75. The zero-order valence-electron chi connectivity index (χ0n) is 11.2. The van der Waals surface area contributed by atoms with Gasteiger partial charge in [0.2, 0.25) is 10.0 Å². The van der Waals surface area contributed by atoms with E-state index in [1.165, 1.54) is 4.31 Å². The molecular weight excluding hydrogens is 286 g/mol. The van der Waals surface area contributed by atoms with Gasteiger partial charge in [-0.3, -0.25) is 0 Å². The molecule has 0 amide bonds. The largest absolute Gasteiger partial charge is 0.328 e. The van der Waals surface area contributed by atoms with Gasteiger partial charge in [0.05, 0.1) is 0 Å². The second kappa shape index (κ2) is 5.75. The highest BCUT2D eigenvalue weighted by Crippen LogP contribution is 2.26. The van der Waals surface area contributed by atoms with Gasteiger partial charge in [0, 0.05) is 25.2 Å². The van der Waals surface area contributed by atoms with E-state index in [1.54, 1.807) is 0 Å². The molecule has 0 spiro atoms. The van der Waals surface area contributed by atoms with Gasteiger partial charge in [0.15, 0.2) is 0 Å². The first kappa shape index (κ1) is 15.3. The second-order valence-electron chi connectivity index (χ2n) is 5.18. The van der Waals surface area contributed by atoms with Crippen LogP contribution in [0, 0.1) is 17.6 Å². The lowest BCUT2D eigenvalue weighted by atomic mass is 9.92. The van der Waals surface area contributed by atoms with Gasteiger partial charge in [-0.2, -0.15) is 4.31 Å². The van der Waals surface area contributed by atoms with Crippen molar-refractivity contribution in [1.29, 1.82) is 0 Å². The number of nitrogens with zero attached hydrogens (tertiary/aromatic N) is 1. The van der Waals surface area contributed by atoms with Crippen molar-refractivity contribution in [3.8, 4) is 0 Å². The van der Waals surface area contributed by atoms with Crippen LogP contribution in [-0.4, -0.2) is 31.9 Å². The predicted octanol–water partition coefficient (Wildman–Crippen LogP) is 1.71. The van der Waals surface area contributed by atoms with Crippen molar-refractivity contribution >= 4 is 10.0 Å². The van der Waals surface area contributed by atoms with Crippen molar-refractivity contribution in [1.82, 2.24) is 4.31 Å². The molecule has 20 heavy (non-hydrogen) atoms. The van der Waals surface area contributed by atoms with Gasteiger partial charge in [-0.15, -0.1) is 0 Å². The van der Waals surface area contributed by atoms with Crippen molar-refractivity contribution in [3.05, 3.63) is 29.8 Å². The average molecular weight is 304 g/mol. The van der Waals surface area contributed by atoms with Gasteiger partial charge in [-0.1, -0.05) is 0 Å². The molecule has 1 unspecified atom stereocenters. The molecule has 1 aromatic carbocycles. The van der Waals surface area contributed by atoms with Crippen LogP contribution in [0.2, 0.25) is 0 Å². The van der Waals surface area contributed by atoms with Crippen LogP contribution in [0.4, 0.5) is 8.78 Å². The van der Waals surface area contributed by atoms with E-state index in [9.17, 15) is 17.2 Å². The molecule has 1 saturated heterocycles. The fraction of sp³-hybridized carbons (Fsp3) is 0.538. The lowest BCUT2D eigenvalue weighted by Crippen LogP contribution is -2.42. The van der Waals surface area contributed by atoms with Gasteiger partial charge in [0.1, 0.15) is 16.5 Å². The molecule has 0 aromatic heterocycles. The van der Waals surface area contributed by atoms with E-state index in [-0.39, 0.29) is 12.0 Å². The normalized spacial score (nSPS) is 20.0. The molecule has 1 aliphatic rings. The zero-order valence-corrected chi connectivity index (χ0v) is 12.0. The van der Waals surface area contributed by atoms with Crippen LogP contribution in [0.3, 0.4) is 0 Å². The number of rotatable bonds is 3. The molecule has 1 aromatic rings. The van der Waals surface area contributed by atoms with Crippen LogP contribution in [0.15, 0.2) is 23.1 Å². The molecule has 1 aliphatic heterocycles. The Morgan fingerprint density at radius 1 is 1.30 bits per heavy atom. The molecule has 7 heteroatoms. The van der Waals surface area contributed by atoms with Gasteiger partial charge < -0.3 is 5.73 Å². The van der Waals surface area contributed by atoms with Crippen LogP contribution in [0.5, 0.6) is 0 Å². The summed E-state index contributed by atoms with van der Waals surface area (Å²) >= 11 is 0. The first-order valence-electron chi connectivity index (χ1n) is 6.53. The topological polar surface area (TPSA) is 63.4 Å². The van der Waals surface area contributed by atoms with Crippen molar-refractivity contribution < 1.29 is 17.2 Å². The molecule has 0 bridgehead atoms. The van der Waals surface area contributed by atoms with Gasteiger partial charge in [-0.25, -0.2) is 17.2 Å². The van der Waals surface area contributed by atoms with Gasteiger partial charge >= 0.3 is 0 Å². The lowest BCUT2D eigenvalue weighted by Gasteiger charge is -2.32. The van der Waals surface area contributed by atoms with E-state index in [2.05, 4.69) is 0 Å². The van der Waals surface area contributed by atoms with E-state index < -0.39 is 26.6 Å². The van der Waals surface area contributed by atoms with E-state index in [1.807, 2.05) is 6.92 Å². The number of hydrogen-bond donors (Lipinski definition) is 1. The maximum absolute atomic E-state index is 13.6. The Hall–Kier alpha value is -1.05. The Morgan fingerprint density at radius 2 is 1.90 bits per heavy atom. The molecular formula is C13H18F2N2O2S. The third-order valence-corrected chi connectivity index (χ3v) is 5.69. The van der Waals surface area contributed by atoms with E-state index in [4.69, 9.17) is 5.73 Å². The lowest BCUT2D eigenvalue weighted by molar-refractivity contribution is 0.250. The average Bonchev–Trinajstić information content (AvgIpc) is 2.38. The monoisotopic (exact) mass is 304 g/mol. The highest BCUT2D eigenvalue weighted by molar-refractivity contribution is 7.89. The minimum atomic E-state index is -3.91. The minimum Gasteiger partial charge on any atom is -0.328 e. The molecule has 2 rings (SSSR count). The van der Waals surface area contributed by atoms with E-state index in [0.717, 1.165) is 12.1 Å². The highest BCUT2D eigenvalue weighted by atomic mass is 32.2. The van der Waals surface area contributed by atoms with Crippen LogP contribution in [0.1, 0.15) is 19.8 Å². The summed E-state index contributed by atoms with van der Waals surface area (Å²) in [4.78, 5) is -0.474. The molecule has 4 nitrogen and oxygen atoms in total. The predicted molar refractivity (Wildman–Crippen MR) is 71.5 cm³/mol. The number of nitrogens with two attached hydrogens (primary N) is 1. The standard InChI is InChI=1S/C13H18F2N2O2S/c1-9(16)10-4-6-17(7-5-10)20(18,19)13-3-2-11(14)8-12(13)15/h2-3,8-10H,4-7,16H2,1H3. The van der Waals surface area contributed by atoms with Gasteiger partial charge in [-0.05, 0) is 37.8 Å². The molecule has 2 N–H and O–H groups in total. The Balaban J connectivity index is 2.20. The van der Waals surface area contributed by atoms with Crippen LogP contribution >= 0.6 is 0 Å². The Labute approximate surface area is 117 Å². The molecule has 0 aliphatic carbocycles. The van der Waals surface area contributed by atoms with Crippen molar-refractivity contribution in [2.24, 2.45) is 11.7 Å². The Bertz CT molecular complexity index is 582. The number of piperidine rings is 1. The zero-order chi connectivity index (χ0) is 14.9. The molecule has 0 radical (unpaired) electrons. The summed E-state index contributed by atoms with van der Waals surface area (Å²) in [6.07, 6.45) is 1.30. The van der Waals surface area contributed by atoms with Crippen LogP contribution in [0.25, 0.3) is 0 Å². The smallest absolute Gasteiger partial charge is 0.245 e. The SMILES string of the molecule is CC(N)C1CCN(S(=O)(=O)c2ccc(F)cc2F)CC1. The quantitative estimate of drug-likeness (QED) is 0.924. The fourth-order valence-electron chi connectivity index (χ4n) is 2.47. The number of halogens is 2. The summed E-state index contributed by atoms with van der Waals surface area (Å²) in [5.41, 5.74) is 5.80. The van der Waals surface area contributed by atoms with Crippen LogP contribution in [-0.2, 0) is 10.0 Å².